The Labute approximate surface area is 619 Å². The summed E-state index contributed by atoms with van der Waals surface area (Å²) in [6.07, 6.45) is 0.127. The summed E-state index contributed by atoms with van der Waals surface area (Å²) >= 11 is 0. The van der Waals surface area contributed by atoms with Crippen LogP contribution >= 0.6 is 0 Å². The Morgan fingerprint density at radius 1 is 0.610 bits per heavy atom. The van der Waals surface area contributed by atoms with Crippen LogP contribution in [0.1, 0.15) is 193 Å². The number of aliphatic imine (C=N–C) groups is 2. The van der Waals surface area contributed by atoms with Crippen molar-refractivity contribution in [1.82, 2.24) is 52.0 Å². The van der Waals surface area contributed by atoms with E-state index in [1.54, 1.807) is 103 Å². The molecule has 7 atom stereocenters. The van der Waals surface area contributed by atoms with E-state index in [2.05, 4.69) is 62.0 Å². The second-order valence-corrected chi connectivity index (χ2v) is 32.1. The Bertz CT molecular complexity index is 3760. The molecule has 3 rings (SSSR count). The number of ether oxygens (including phenoxy) is 4. The summed E-state index contributed by atoms with van der Waals surface area (Å²) in [5.74, 6) is -7.97. The number of nitrogens with zero attached hydrogens (tertiary/aromatic N) is 2. The summed E-state index contributed by atoms with van der Waals surface area (Å²) < 4.78 is 81.8. The number of nitrogens with one attached hydrogen (secondary N) is 10. The molecule has 14 N–H and O–H groups in total. The third-order valence-electron chi connectivity index (χ3n) is 17.9. The van der Waals surface area contributed by atoms with E-state index < -0.39 is 170 Å². The Hall–Kier alpha value is -8.82. The lowest BCUT2D eigenvalue weighted by Crippen LogP contribution is -2.59. The molecule has 0 saturated heterocycles. The number of carbonyl (C=O) groups excluding carboxylic acids is 10. The van der Waals surface area contributed by atoms with Gasteiger partial charge < -0.3 is 72.9 Å². The Morgan fingerprint density at radius 3 is 1.67 bits per heavy atom. The summed E-state index contributed by atoms with van der Waals surface area (Å²) in [4.78, 5) is 144. The minimum absolute atomic E-state index is 0.00580. The number of methoxy groups -OCH3 is 2. The monoisotopic (exact) mass is 1520 g/mol. The van der Waals surface area contributed by atoms with Gasteiger partial charge in [0.05, 0.1) is 36.6 Å². The molecule has 0 radical (unpaired) electrons. The van der Waals surface area contributed by atoms with Crippen LogP contribution in [0.15, 0.2) is 25.8 Å². The number of rotatable bonds is 39. The highest BCUT2D eigenvalue weighted by molar-refractivity contribution is 7.90. The minimum Gasteiger partial charge on any atom is -0.496 e. The van der Waals surface area contributed by atoms with Crippen LogP contribution in [-0.2, 0) is 79.1 Å². The number of alkyl carbamates (subject to hydrolysis) is 1. The molecule has 0 unspecified atom stereocenters. The van der Waals surface area contributed by atoms with Crippen LogP contribution in [0.5, 0.6) is 11.5 Å². The number of benzene rings is 2. The first-order chi connectivity index (χ1) is 48.7. The second kappa shape index (κ2) is 40.6. The summed E-state index contributed by atoms with van der Waals surface area (Å²) in [6.45, 7) is 29.6. The molecule has 0 aromatic heterocycles. The Balaban J connectivity index is 1.98. The average molecular weight is 1520 g/mol. The third-order valence-corrected chi connectivity index (χ3v) is 21.2. The zero-order chi connectivity index (χ0) is 79.8. The summed E-state index contributed by atoms with van der Waals surface area (Å²) in [6, 6.07) is -6.09. The summed E-state index contributed by atoms with van der Waals surface area (Å²) in [7, 11) is -5.90. The van der Waals surface area contributed by atoms with E-state index in [0.717, 1.165) is 5.56 Å². The standard InChI is InChI=1S/C71H116N14O18S2/c1-21-40(6)58(66(94)101-20)82-55(89)37-77-64(92)56(38(2)3)81-54(88)30-29-52(87)49(27-24-34-74-68(73)85-105(98,99)61-45(11)43(9)59-48(46(61)12)31-32-71(17,18)102-59)79-62(90)51(26-22-23-33-76-69(95)103-70(14,15)16)80-65(93)57(39(4)5)83-63(91)50(78-47(13)86)28-25-35-75-67(72)84-104(96,97)60-41(7)36-53(100-19)42(8)44(60)10/h36,38-40,49-51,56-58H,21-35,37H2,1-20H3,(H,76,95)(H,77,92)(H,78,86)(H,79,90)(H,80,93)(H,81,88)(H,82,89)(H,83,91)(H3,72,75,84)(H3,73,74,85)/t40-,49-,50-,51-,56-,57-,58-/m0/s1. The number of esters is 1. The van der Waals surface area contributed by atoms with Gasteiger partial charge in [0.1, 0.15) is 52.9 Å². The van der Waals surface area contributed by atoms with Crippen molar-refractivity contribution < 1.29 is 83.7 Å². The first-order valence-corrected chi connectivity index (χ1v) is 38.4. The number of sulfonamides is 2. The highest BCUT2D eigenvalue weighted by Crippen LogP contribution is 2.42. The number of ketones is 1. The number of unbranched alkanes of at least 4 members (excludes halogenated alkanes) is 1. The molecule has 105 heavy (non-hydrogen) atoms. The van der Waals surface area contributed by atoms with Crippen LogP contribution in [0, 0.1) is 59.3 Å². The molecule has 1 aliphatic rings. The van der Waals surface area contributed by atoms with Crippen LogP contribution in [0.2, 0.25) is 0 Å². The third kappa shape index (κ3) is 28.2. The highest BCUT2D eigenvalue weighted by Gasteiger charge is 2.37. The molecule has 1 heterocycles. The van der Waals surface area contributed by atoms with E-state index in [0.29, 0.717) is 64.1 Å². The molecule has 0 saturated carbocycles. The predicted octanol–water partition coefficient (Wildman–Crippen LogP) is 3.72. The predicted molar refractivity (Wildman–Crippen MR) is 397 cm³/mol. The number of carbonyl (C=O) groups is 10. The van der Waals surface area contributed by atoms with Crippen molar-refractivity contribution in [3.63, 3.8) is 0 Å². The fourth-order valence-corrected chi connectivity index (χ4v) is 14.7. The molecular formula is C71H116N14O18S2. The number of Topliss-reactive ketones (excluding diaryl/α,β-unsaturated/α-hetero) is 1. The van der Waals surface area contributed by atoms with E-state index in [1.165, 1.54) is 21.1 Å². The van der Waals surface area contributed by atoms with E-state index in [9.17, 15) is 64.8 Å². The smallest absolute Gasteiger partial charge is 0.407 e. The lowest BCUT2D eigenvalue weighted by atomic mass is 9.88. The molecule has 0 aliphatic carbocycles. The number of guanidine groups is 2. The van der Waals surface area contributed by atoms with Gasteiger partial charge in [-0.05, 0) is 197 Å². The molecule has 2 aromatic carbocycles. The highest BCUT2D eigenvalue weighted by atomic mass is 32.2. The number of hydrogen-bond donors (Lipinski definition) is 12. The summed E-state index contributed by atoms with van der Waals surface area (Å²) in [5, 5.41) is 21.0. The second-order valence-electron chi connectivity index (χ2n) is 28.8. The number of fused-ring (bicyclic) bond motifs is 1. The minimum atomic E-state index is -4.34. The molecular weight excluding hydrogens is 1400 g/mol. The van der Waals surface area contributed by atoms with Crippen molar-refractivity contribution >= 4 is 91.2 Å². The van der Waals surface area contributed by atoms with Gasteiger partial charge in [0.2, 0.25) is 53.3 Å². The molecule has 0 bridgehead atoms. The molecule has 8 amide bonds. The van der Waals surface area contributed by atoms with Gasteiger partial charge in [-0.1, -0.05) is 48.0 Å². The Kier molecular flexibility index (Phi) is 35.0. The van der Waals surface area contributed by atoms with E-state index in [-0.39, 0.29) is 80.3 Å². The van der Waals surface area contributed by atoms with Crippen molar-refractivity contribution in [2.45, 2.75) is 259 Å². The van der Waals surface area contributed by atoms with Gasteiger partial charge in [-0.25, -0.2) is 35.9 Å². The normalized spacial score (nSPS) is 15.1. The topological polar surface area (TPSA) is 473 Å². The van der Waals surface area contributed by atoms with E-state index in [4.69, 9.17) is 30.4 Å². The molecule has 1 aliphatic heterocycles. The van der Waals surface area contributed by atoms with Gasteiger partial charge in [0.15, 0.2) is 5.78 Å². The van der Waals surface area contributed by atoms with Crippen LogP contribution in [-0.4, -0.2) is 176 Å². The molecule has 32 nitrogen and oxygen atoms in total. The zero-order valence-corrected chi connectivity index (χ0v) is 66.4. The summed E-state index contributed by atoms with van der Waals surface area (Å²) in [5.41, 5.74) is 14.9. The van der Waals surface area contributed by atoms with Crippen LogP contribution < -0.4 is 72.9 Å². The largest absolute Gasteiger partial charge is 0.496 e. The van der Waals surface area contributed by atoms with Gasteiger partial charge in [0.25, 0.3) is 20.0 Å². The van der Waals surface area contributed by atoms with Crippen LogP contribution in [0.4, 0.5) is 4.79 Å². The van der Waals surface area contributed by atoms with E-state index in [1.807, 2.05) is 20.8 Å². The molecule has 0 spiro atoms. The van der Waals surface area contributed by atoms with Gasteiger partial charge in [-0.3, -0.25) is 48.3 Å². The number of hydrogen-bond acceptors (Lipinski definition) is 20. The van der Waals surface area contributed by atoms with Gasteiger partial charge >= 0.3 is 12.1 Å². The van der Waals surface area contributed by atoms with Gasteiger partial charge in [-0.2, -0.15) is 0 Å². The van der Waals surface area contributed by atoms with Crippen LogP contribution in [0.25, 0.3) is 0 Å². The maximum absolute atomic E-state index is 14.8. The average Bonchev–Trinajstić information content (AvgIpc) is 0.750. The number of aryl methyl sites for hydroxylation is 1. The molecule has 590 valence electrons. The van der Waals surface area contributed by atoms with Gasteiger partial charge in [-0.15, -0.1) is 0 Å². The number of nitrogens with two attached hydrogens (primary N) is 2. The molecule has 2 aromatic rings. The quantitative estimate of drug-likeness (QED) is 0.0196. The van der Waals surface area contributed by atoms with Crippen molar-refractivity contribution in [1.29, 1.82) is 0 Å². The molecule has 34 heteroatoms. The van der Waals surface area contributed by atoms with Crippen molar-refractivity contribution in [2.24, 2.45) is 39.2 Å². The Morgan fingerprint density at radius 2 is 1.12 bits per heavy atom. The lowest BCUT2D eigenvalue weighted by Gasteiger charge is -2.35. The molecule has 0 fully saturated rings. The van der Waals surface area contributed by atoms with Crippen molar-refractivity contribution in [3.05, 3.63) is 45.0 Å². The van der Waals surface area contributed by atoms with Crippen LogP contribution in [0.3, 0.4) is 0 Å². The maximum atomic E-state index is 14.8. The van der Waals surface area contributed by atoms with E-state index >= 15 is 0 Å². The SMILES string of the molecule is CC[C@H](C)[C@H](NC(=O)CNC(=O)[C@@H](NC(=O)CCC(=O)[C@H](CCCN=C(N)NS(=O)(=O)c1c(C)c(C)c2c(c1C)CCC(C)(C)O2)NC(=O)[C@H](CCCCNC(=O)OC(C)(C)C)NC(=O)[C@@H](NC(=O)[C@H](CCCN=C(N)NS(=O)(=O)c1c(C)cc(OC)c(C)c1C)NC(C)=O)C(C)C)C(C)C)C(=O)OC. The van der Waals surface area contributed by atoms with Crippen molar-refractivity contribution in [3.8, 4) is 11.5 Å². The lowest BCUT2D eigenvalue weighted by molar-refractivity contribution is -0.146. The fourth-order valence-electron chi connectivity index (χ4n) is 11.7. The van der Waals surface area contributed by atoms with Crippen molar-refractivity contribution in [2.75, 3.05) is 40.4 Å². The number of amides is 8. The maximum Gasteiger partial charge on any atom is 0.407 e. The van der Waals surface area contributed by atoms with Gasteiger partial charge in [0, 0.05) is 39.4 Å². The fraction of sp³-hybridized carbons (Fsp3) is 0.662. The first-order valence-electron chi connectivity index (χ1n) is 35.5. The zero-order valence-electron chi connectivity index (χ0n) is 64.8. The first kappa shape index (κ1) is 90.4.